The second-order valence-corrected chi connectivity index (χ2v) is 4.83. The minimum absolute atomic E-state index is 0.365. The molecule has 0 saturated heterocycles. The van der Waals surface area contributed by atoms with E-state index in [4.69, 9.17) is 11.6 Å². The van der Waals surface area contributed by atoms with Crippen LogP contribution in [0, 0.1) is 6.92 Å². The van der Waals surface area contributed by atoms with Gasteiger partial charge < -0.3 is 0 Å². The van der Waals surface area contributed by atoms with Gasteiger partial charge >= 0.3 is 0 Å². The van der Waals surface area contributed by atoms with Crippen LogP contribution in [0.15, 0.2) is 42.5 Å². The van der Waals surface area contributed by atoms with E-state index in [1.165, 1.54) is 16.3 Å². The molecule has 17 heavy (non-hydrogen) atoms. The van der Waals surface area contributed by atoms with Gasteiger partial charge in [0.2, 0.25) is 0 Å². The predicted octanol–water partition coefficient (Wildman–Crippen LogP) is 5.17. The first-order valence-corrected chi connectivity index (χ1v) is 6.73. The Morgan fingerprint density at radius 3 is 2.59 bits per heavy atom. The molecule has 0 aromatic heterocycles. The van der Waals surface area contributed by atoms with E-state index in [1.807, 2.05) is 0 Å². The van der Waals surface area contributed by atoms with Crippen molar-refractivity contribution in [1.29, 1.82) is 0 Å². The molecular weight excluding hydrogens is 228 g/mol. The lowest BCUT2D eigenvalue weighted by Crippen LogP contribution is -1.95. The van der Waals surface area contributed by atoms with Crippen LogP contribution >= 0.6 is 11.6 Å². The molecule has 2 rings (SSSR count). The van der Waals surface area contributed by atoms with Crippen LogP contribution in [0.25, 0.3) is 10.8 Å². The predicted molar refractivity (Wildman–Crippen MR) is 76.6 cm³/mol. The highest BCUT2D eigenvalue weighted by Crippen LogP contribution is 2.28. The topological polar surface area (TPSA) is 0 Å². The maximum Gasteiger partial charge on any atom is 0.0223 e. The first kappa shape index (κ1) is 12.4. The lowest BCUT2D eigenvalue weighted by Gasteiger charge is -2.14. The maximum atomic E-state index is 5.71. The molecular formula is C16H18Cl. The second-order valence-electron chi connectivity index (χ2n) is 4.45. The van der Waals surface area contributed by atoms with Gasteiger partial charge in [-0.3, -0.25) is 0 Å². The Labute approximate surface area is 109 Å². The SMILES string of the molecule is [CH2]C(CCCCCl)c1cccc2ccccc12. The van der Waals surface area contributed by atoms with E-state index in [2.05, 4.69) is 49.4 Å². The molecule has 0 aliphatic rings. The van der Waals surface area contributed by atoms with E-state index in [0.29, 0.717) is 5.92 Å². The standard InChI is InChI=1S/C16H18Cl/c1-13(7-4-5-12-17)15-11-6-9-14-8-2-3-10-16(14)15/h2-3,6,8-11,13H,1,4-5,7,12H2. The van der Waals surface area contributed by atoms with Gasteiger partial charge in [-0.05, 0) is 42.0 Å². The zero-order chi connectivity index (χ0) is 12.1. The molecule has 2 aromatic carbocycles. The molecule has 0 spiro atoms. The van der Waals surface area contributed by atoms with Gasteiger partial charge in [-0.2, -0.15) is 0 Å². The Bertz CT molecular complexity index is 470. The number of alkyl halides is 1. The molecule has 0 amide bonds. The average molecular weight is 246 g/mol. The molecule has 0 heterocycles. The normalized spacial score (nSPS) is 12.8. The van der Waals surface area contributed by atoms with Crippen LogP contribution in [0.5, 0.6) is 0 Å². The number of unbranched alkanes of at least 4 members (excludes halogenated alkanes) is 1. The van der Waals surface area contributed by atoms with Gasteiger partial charge in [0, 0.05) is 5.88 Å². The fourth-order valence-electron chi connectivity index (χ4n) is 2.25. The van der Waals surface area contributed by atoms with Crippen LogP contribution in [0.1, 0.15) is 30.7 Å². The summed E-state index contributed by atoms with van der Waals surface area (Å²) in [6.45, 7) is 4.29. The van der Waals surface area contributed by atoms with E-state index < -0.39 is 0 Å². The molecule has 0 saturated carbocycles. The fraction of sp³-hybridized carbons (Fsp3) is 0.312. The molecule has 0 nitrogen and oxygen atoms in total. The zero-order valence-corrected chi connectivity index (χ0v) is 10.8. The molecule has 0 aliphatic carbocycles. The Hall–Kier alpha value is -1.01. The minimum Gasteiger partial charge on any atom is -0.127 e. The fourth-order valence-corrected chi connectivity index (χ4v) is 2.44. The van der Waals surface area contributed by atoms with Gasteiger partial charge in [0.15, 0.2) is 0 Å². The van der Waals surface area contributed by atoms with Crippen molar-refractivity contribution in [3.05, 3.63) is 55.0 Å². The van der Waals surface area contributed by atoms with Crippen LogP contribution in [0.3, 0.4) is 0 Å². The lowest BCUT2D eigenvalue weighted by molar-refractivity contribution is 0.667. The largest absolute Gasteiger partial charge is 0.127 e. The average Bonchev–Trinajstić information content (AvgIpc) is 2.38. The highest BCUT2D eigenvalue weighted by Gasteiger charge is 2.08. The summed E-state index contributed by atoms with van der Waals surface area (Å²) in [7, 11) is 0. The lowest BCUT2D eigenvalue weighted by atomic mass is 9.91. The van der Waals surface area contributed by atoms with Crippen LogP contribution < -0.4 is 0 Å². The van der Waals surface area contributed by atoms with Crippen molar-refractivity contribution in [3.63, 3.8) is 0 Å². The third-order valence-electron chi connectivity index (χ3n) is 3.20. The highest BCUT2D eigenvalue weighted by atomic mass is 35.5. The van der Waals surface area contributed by atoms with Crippen molar-refractivity contribution >= 4 is 22.4 Å². The molecule has 2 aromatic rings. The maximum absolute atomic E-state index is 5.71. The molecule has 0 bridgehead atoms. The van der Waals surface area contributed by atoms with Crippen LogP contribution in [0.4, 0.5) is 0 Å². The summed E-state index contributed by atoms with van der Waals surface area (Å²) in [5.74, 6) is 1.12. The Morgan fingerprint density at radius 2 is 1.76 bits per heavy atom. The van der Waals surface area contributed by atoms with E-state index in [9.17, 15) is 0 Å². The van der Waals surface area contributed by atoms with Gasteiger partial charge in [-0.25, -0.2) is 0 Å². The number of fused-ring (bicyclic) bond motifs is 1. The van der Waals surface area contributed by atoms with Crippen molar-refractivity contribution in [2.45, 2.75) is 25.2 Å². The summed E-state index contributed by atoms with van der Waals surface area (Å²) in [5.41, 5.74) is 1.36. The summed E-state index contributed by atoms with van der Waals surface area (Å²) in [6, 6.07) is 15.0. The minimum atomic E-state index is 0.365. The van der Waals surface area contributed by atoms with Crippen LogP contribution in [-0.4, -0.2) is 5.88 Å². The summed E-state index contributed by atoms with van der Waals surface area (Å²) in [4.78, 5) is 0. The van der Waals surface area contributed by atoms with Gasteiger partial charge in [-0.15, -0.1) is 11.6 Å². The number of halogens is 1. The van der Waals surface area contributed by atoms with Crippen LogP contribution in [0.2, 0.25) is 0 Å². The van der Waals surface area contributed by atoms with Crippen LogP contribution in [-0.2, 0) is 0 Å². The number of benzene rings is 2. The first-order valence-electron chi connectivity index (χ1n) is 6.19. The molecule has 0 N–H and O–H groups in total. The second kappa shape index (κ2) is 6.07. The Kier molecular flexibility index (Phi) is 4.44. The molecule has 1 atom stereocenters. The van der Waals surface area contributed by atoms with E-state index >= 15 is 0 Å². The number of rotatable bonds is 5. The molecule has 0 fully saturated rings. The Morgan fingerprint density at radius 1 is 1.00 bits per heavy atom. The summed E-state index contributed by atoms with van der Waals surface area (Å²) in [5, 5.41) is 2.64. The van der Waals surface area contributed by atoms with Gasteiger partial charge in [0.05, 0.1) is 0 Å². The van der Waals surface area contributed by atoms with Crippen molar-refractivity contribution in [1.82, 2.24) is 0 Å². The van der Waals surface area contributed by atoms with Crippen molar-refractivity contribution in [2.24, 2.45) is 0 Å². The number of hydrogen-bond acceptors (Lipinski definition) is 0. The number of hydrogen-bond donors (Lipinski definition) is 0. The molecule has 1 radical (unpaired) electrons. The van der Waals surface area contributed by atoms with Gasteiger partial charge in [-0.1, -0.05) is 48.9 Å². The zero-order valence-electron chi connectivity index (χ0n) is 10.0. The van der Waals surface area contributed by atoms with E-state index in [0.717, 1.165) is 25.1 Å². The molecule has 89 valence electrons. The molecule has 1 heteroatoms. The van der Waals surface area contributed by atoms with Gasteiger partial charge in [0.25, 0.3) is 0 Å². The monoisotopic (exact) mass is 245 g/mol. The molecule has 0 aliphatic heterocycles. The third-order valence-corrected chi connectivity index (χ3v) is 3.47. The van der Waals surface area contributed by atoms with Crippen molar-refractivity contribution in [3.8, 4) is 0 Å². The smallest absolute Gasteiger partial charge is 0.0223 e. The third kappa shape index (κ3) is 3.01. The van der Waals surface area contributed by atoms with E-state index in [-0.39, 0.29) is 0 Å². The van der Waals surface area contributed by atoms with Gasteiger partial charge in [0.1, 0.15) is 0 Å². The molecule has 1 unspecified atom stereocenters. The van der Waals surface area contributed by atoms with Crippen molar-refractivity contribution in [2.75, 3.05) is 5.88 Å². The first-order chi connectivity index (χ1) is 8.33. The summed E-state index contributed by atoms with van der Waals surface area (Å²) in [6.07, 6.45) is 3.35. The van der Waals surface area contributed by atoms with Crippen molar-refractivity contribution < 1.29 is 0 Å². The Balaban J connectivity index is 2.22. The quantitative estimate of drug-likeness (QED) is 0.504. The highest BCUT2D eigenvalue weighted by molar-refractivity contribution is 6.17. The summed E-state index contributed by atoms with van der Waals surface area (Å²) < 4.78 is 0. The van der Waals surface area contributed by atoms with E-state index in [1.54, 1.807) is 0 Å². The summed E-state index contributed by atoms with van der Waals surface area (Å²) >= 11 is 5.71.